The van der Waals surface area contributed by atoms with Crippen LogP contribution in [0.4, 0.5) is 0 Å². The van der Waals surface area contributed by atoms with Crippen molar-refractivity contribution in [2.24, 2.45) is 7.05 Å². The molecule has 1 aromatic carbocycles. The van der Waals surface area contributed by atoms with Gasteiger partial charge in [0.15, 0.2) is 5.78 Å². The van der Waals surface area contributed by atoms with E-state index in [9.17, 15) is 14.7 Å². The molecular weight excluding hydrogens is 254 g/mol. The normalized spacial score (nSPS) is 10.6. The van der Waals surface area contributed by atoms with Gasteiger partial charge in [-0.25, -0.2) is 0 Å². The lowest BCUT2D eigenvalue weighted by molar-refractivity contribution is -0.304. The molecule has 1 aromatic heterocycles. The number of nitrogens with zero attached hydrogens (tertiary/aromatic N) is 1. The van der Waals surface area contributed by atoms with Gasteiger partial charge in [-0.3, -0.25) is 4.79 Å². The summed E-state index contributed by atoms with van der Waals surface area (Å²) in [5.74, 6) is -1.35. The van der Waals surface area contributed by atoms with Gasteiger partial charge < -0.3 is 14.5 Å². The summed E-state index contributed by atoms with van der Waals surface area (Å²) >= 11 is 0. The first-order valence-electron chi connectivity index (χ1n) is 6.36. The molecule has 0 aliphatic heterocycles. The Morgan fingerprint density at radius 3 is 2.45 bits per heavy atom. The van der Waals surface area contributed by atoms with Crippen LogP contribution >= 0.6 is 0 Å². The van der Waals surface area contributed by atoms with Crippen molar-refractivity contribution in [1.29, 1.82) is 0 Å². The first-order chi connectivity index (χ1) is 9.40. The fourth-order valence-electron chi connectivity index (χ4n) is 2.34. The highest BCUT2D eigenvalue weighted by molar-refractivity contribution is 6.11. The first-order valence-corrected chi connectivity index (χ1v) is 6.36. The highest BCUT2D eigenvalue weighted by atomic mass is 16.4. The second-order valence-electron chi connectivity index (χ2n) is 4.98. The molecule has 1 heterocycles. The summed E-state index contributed by atoms with van der Waals surface area (Å²) in [6, 6.07) is 7.25. The van der Waals surface area contributed by atoms with E-state index in [1.807, 2.05) is 26.0 Å². The van der Waals surface area contributed by atoms with Crippen LogP contribution in [0, 0.1) is 13.8 Å². The molecule has 0 aliphatic rings. The number of carboxylic acids is 1. The number of aliphatic carboxylic acids is 1. The monoisotopic (exact) mass is 270 g/mol. The van der Waals surface area contributed by atoms with E-state index in [1.165, 1.54) is 0 Å². The third kappa shape index (κ3) is 2.64. The minimum absolute atomic E-state index is 0.153. The molecule has 0 unspecified atom stereocenters. The summed E-state index contributed by atoms with van der Waals surface area (Å²) < 4.78 is 1.65. The van der Waals surface area contributed by atoms with Crippen molar-refractivity contribution in [3.8, 4) is 0 Å². The van der Waals surface area contributed by atoms with Crippen molar-refractivity contribution in [2.45, 2.75) is 20.3 Å². The maximum atomic E-state index is 12.6. The Bertz CT molecular complexity index is 683. The van der Waals surface area contributed by atoms with Gasteiger partial charge in [-0.15, -0.1) is 0 Å². The SMILES string of the molecule is Cc1ccc(C(=O)c2ccn(C)c2CC(=O)[O-])c(C)c1. The molecule has 0 bridgehead atoms. The number of aryl methyl sites for hydroxylation is 3. The molecule has 0 radical (unpaired) electrons. The van der Waals surface area contributed by atoms with E-state index < -0.39 is 5.97 Å². The van der Waals surface area contributed by atoms with Crippen molar-refractivity contribution in [3.63, 3.8) is 0 Å². The highest BCUT2D eigenvalue weighted by Gasteiger charge is 2.18. The number of carboxylic acid groups (broad SMARTS) is 1. The highest BCUT2D eigenvalue weighted by Crippen LogP contribution is 2.19. The average molecular weight is 270 g/mol. The van der Waals surface area contributed by atoms with Gasteiger partial charge in [-0.2, -0.15) is 0 Å². The third-order valence-corrected chi connectivity index (χ3v) is 3.38. The fraction of sp³-hybridized carbons (Fsp3) is 0.250. The molecule has 0 saturated heterocycles. The van der Waals surface area contributed by atoms with Gasteiger partial charge in [0, 0.05) is 42.5 Å². The molecule has 4 nitrogen and oxygen atoms in total. The third-order valence-electron chi connectivity index (χ3n) is 3.38. The van der Waals surface area contributed by atoms with Crippen LogP contribution in [0.15, 0.2) is 30.5 Å². The van der Waals surface area contributed by atoms with Gasteiger partial charge in [0.25, 0.3) is 0 Å². The van der Waals surface area contributed by atoms with Crippen LogP contribution in [0.1, 0.15) is 32.7 Å². The van der Waals surface area contributed by atoms with Crippen molar-refractivity contribution in [1.82, 2.24) is 4.57 Å². The number of hydrogen-bond donors (Lipinski definition) is 0. The van der Waals surface area contributed by atoms with Gasteiger partial charge in [-0.05, 0) is 25.5 Å². The standard InChI is InChI=1S/C16H17NO3/c1-10-4-5-12(11(2)8-10)16(20)13-6-7-17(3)14(13)9-15(18)19/h4-8H,9H2,1-3H3,(H,18,19)/p-1. The fourth-order valence-corrected chi connectivity index (χ4v) is 2.34. The van der Waals surface area contributed by atoms with Gasteiger partial charge >= 0.3 is 0 Å². The molecule has 20 heavy (non-hydrogen) atoms. The van der Waals surface area contributed by atoms with Gasteiger partial charge in [-0.1, -0.05) is 23.8 Å². The number of rotatable bonds is 4. The lowest BCUT2D eigenvalue weighted by Crippen LogP contribution is -2.26. The number of ketones is 1. The summed E-state index contributed by atoms with van der Waals surface area (Å²) in [6.45, 7) is 3.84. The van der Waals surface area contributed by atoms with Crippen LogP contribution in [0.3, 0.4) is 0 Å². The smallest absolute Gasteiger partial charge is 0.195 e. The van der Waals surface area contributed by atoms with Crippen LogP contribution in [0.5, 0.6) is 0 Å². The zero-order chi connectivity index (χ0) is 14.9. The van der Waals surface area contributed by atoms with Gasteiger partial charge in [0.1, 0.15) is 0 Å². The summed E-state index contributed by atoms with van der Waals surface area (Å²) in [5, 5.41) is 10.8. The number of aromatic nitrogens is 1. The van der Waals surface area contributed by atoms with Crippen LogP contribution < -0.4 is 5.11 Å². The minimum Gasteiger partial charge on any atom is -0.550 e. The second-order valence-corrected chi connectivity index (χ2v) is 4.98. The van der Waals surface area contributed by atoms with Crippen LogP contribution in [-0.2, 0) is 18.3 Å². The van der Waals surface area contributed by atoms with E-state index >= 15 is 0 Å². The van der Waals surface area contributed by atoms with E-state index in [1.54, 1.807) is 29.9 Å². The van der Waals surface area contributed by atoms with Gasteiger partial charge in [0.2, 0.25) is 0 Å². The molecule has 0 amide bonds. The Balaban J connectivity index is 2.46. The summed E-state index contributed by atoms with van der Waals surface area (Å²) in [4.78, 5) is 23.4. The number of benzene rings is 1. The summed E-state index contributed by atoms with van der Waals surface area (Å²) in [6.07, 6.45) is 1.42. The Labute approximate surface area is 117 Å². The molecule has 0 spiro atoms. The van der Waals surface area contributed by atoms with E-state index in [0.29, 0.717) is 16.8 Å². The van der Waals surface area contributed by atoms with E-state index in [2.05, 4.69) is 0 Å². The number of carbonyl (C=O) groups is 2. The molecule has 2 aromatic rings. The number of carbonyl (C=O) groups excluding carboxylic acids is 2. The van der Waals surface area contributed by atoms with E-state index in [4.69, 9.17) is 0 Å². The summed E-state index contributed by atoms with van der Waals surface area (Å²) in [5.41, 5.74) is 3.46. The maximum Gasteiger partial charge on any atom is 0.195 e. The Hall–Kier alpha value is -2.36. The van der Waals surface area contributed by atoms with Crippen LogP contribution in [-0.4, -0.2) is 16.3 Å². The zero-order valence-corrected chi connectivity index (χ0v) is 11.8. The van der Waals surface area contributed by atoms with Crippen molar-refractivity contribution in [2.75, 3.05) is 0 Å². The first kappa shape index (κ1) is 14.1. The molecule has 0 N–H and O–H groups in total. The predicted molar refractivity (Wildman–Crippen MR) is 73.5 cm³/mol. The predicted octanol–water partition coefficient (Wildman–Crippen LogP) is 1.17. The van der Waals surface area contributed by atoms with Crippen molar-refractivity contribution in [3.05, 3.63) is 58.4 Å². The van der Waals surface area contributed by atoms with E-state index in [0.717, 1.165) is 11.1 Å². The van der Waals surface area contributed by atoms with E-state index in [-0.39, 0.29) is 12.2 Å². The maximum absolute atomic E-state index is 12.6. The number of hydrogen-bond acceptors (Lipinski definition) is 3. The molecule has 0 saturated carbocycles. The molecule has 0 aliphatic carbocycles. The minimum atomic E-state index is -1.19. The second kappa shape index (κ2) is 5.33. The molecule has 0 atom stereocenters. The Morgan fingerprint density at radius 2 is 1.85 bits per heavy atom. The van der Waals surface area contributed by atoms with Crippen LogP contribution in [0.25, 0.3) is 0 Å². The molecular formula is C16H16NO3-. The lowest BCUT2D eigenvalue weighted by atomic mass is 9.97. The Morgan fingerprint density at radius 1 is 1.15 bits per heavy atom. The molecule has 2 rings (SSSR count). The average Bonchev–Trinajstić information content (AvgIpc) is 2.70. The topological polar surface area (TPSA) is 62.1 Å². The quantitative estimate of drug-likeness (QED) is 0.783. The van der Waals surface area contributed by atoms with Crippen molar-refractivity contribution < 1.29 is 14.7 Å². The Kier molecular flexibility index (Phi) is 3.74. The summed E-state index contributed by atoms with van der Waals surface area (Å²) in [7, 11) is 1.72. The van der Waals surface area contributed by atoms with Crippen LogP contribution in [0.2, 0.25) is 0 Å². The molecule has 104 valence electrons. The van der Waals surface area contributed by atoms with Crippen molar-refractivity contribution >= 4 is 11.8 Å². The van der Waals surface area contributed by atoms with Gasteiger partial charge in [0.05, 0.1) is 0 Å². The largest absolute Gasteiger partial charge is 0.550 e. The molecule has 4 heteroatoms. The lowest BCUT2D eigenvalue weighted by Gasteiger charge is -2.10. The molecule has 0 fully saturated rings. The zero-order valence-electron chi connectivity index (χ0n) is 11.8.